The molecule has 1 aromatic heterocycles. The standard InChI is InChI=1S/C28H40N4O4S/c1-16(18-9-11-19(12-10-18)22-17(2)29-15-37-22)30-24(34)21-13-20(33)14-32(21)25(35)23(27(3,4)5)31-26(36)28(6,7)8/h9-12,15-16,20-21,23,33H,13-14H2,1-8H3,(H,30,34)(H,31,36)/t16-,20+,21-,23-/m1/s1. The van der Waals surface area contributed by atoms with Crippen molar-refractivity contribution < 1.29 is 19.5 Å². The highest BCUT2D eigenvalue weighted by Gasteiger charge is 2.45. The number of β-amino-alcohol motifs (C(OH)–C–C–N with tert-alkyl or cyclic N) is 1. The van der Waals surface area contributed by atoms with Crippen molar-refractivity contribution in [2.75, 3.05) is 6.54 Å². The van der Waals surface area contributed by atoms with E-state index < -0.39 is 29.0 Å². The van der Waals surface area contributed by atoms with Gasteiger partial charge >= 0.3 is 0 Å². The van der Waals surface area contributed by atoms with Gasteiger partial charge in [-0.05, 0) is 30.4 Å². The van der Waals surface area contributed by atoms with Crippen LogP contribution in [0.4, 0.5) is 0 Å². The summed E-state index contributed by atoms with van der Waals surface area (Å²) in [6, 6.07) is 6.03. The number of aliphatic hydroxyl groups is 1. The molecule has 0 saturated carbocycles. The van der Waals surface area contributed by atoms with E-state index in [-0.39, 0.29) is 36.7 Å². The van der Waals surface area contributed by atoms with Crippen molar-refractivity contribution in [3.8, 4) is 10.4 Å². The predicted octanol–water partition coefficient (Wildman–Crippen LogP) is 3.83. The largest absolute Gasteiger partial charge is 0.391 e. The summed E-state index contributed by atoms with van der Waals surface area (Å²) in [4.78, 5) is 46.6. The van der Waals surface area contributed by atoms with Gasteiger partial charge in [-0.25, -0.2) is 4.98 Å². The van der Waals surface area contributed by atoms with Gasteiger partial charge in [0, 0.05) is 18.4 Å². The van der Waals surface area contributed by atoms with Crippen molar-refractivity contribution in [3.63, 3.8) is 0 Å². The summed E-state index contributed by atoms with van der Waals surface area (Å²) in [6.45, 7) is 14.9. The van der Waals surface area contributed by atoms with Crippen LogP contribution < -0.4 is 10.6 Å². The molecule has 1 aliphatic rings. The molecule has 9 heteroatoms. The van der Waals surface area contributed by atoms with E-state index in [4.69, 9.17) is 0 Å². The summed E-state index contributed by atoms with van der Waals surface area (Å²) >= 11 is 1.59. The van der Waals surface area contributed by atoms with Gasteiger partial charge in [0.2, 0.25) is 17.7 Å². The van der Waals surface area contributed by atoms with Crippen LogP contribution >= 0.6 is 11.3 Å². The Morgan fingerprint density at radius 1 is 1.08 bits per heavy atom. The lowest BCUT2D eigenvalue weighted by Gasteiger charge is -2.36. The van der Waals surface area contributed by atoms with E-state index in [0.717, 1.165) is 21.7 Å². The highest BCUT2D eigenvalue weighted by atomic mass is 32.1. The van der Waals surface area contributed by atoms with E-state index in [1.807, 2.05) is 64.4 Å². The summed E-state index contributed by atoms with van der Waals surface area (Å²) in [5.41, 5.74) is 3.55. The molecule has 0 spiro atoms. The Kier molecular flexibility index (Phi) is 8.49. The molecular formula is C28H40N4O4S. The molecule has 1 fully saturated rings. The zero-order chi connectivity index (χ0) is 27.7. The molecule has 0 radical (unpaired) electrons. The molecule has 3 rings (SSSR count). The van der Waals surface area contributed by atoms with Crippen molar-refractivity contribution in [1.82, 2.24) is 20.5 Å². The summed E-state index contributed by atoms with van der Waals surface area (Å²) in [5, 5.41) is 16.3. The first-order valence-corrected chi connectivity index (χ1v) is 13.6. The van der Waals surface area contributed by atoms with Crippen LogP contribution in [0.25, 0.3) is 10.4 Å². The van der Waals surface area contributed by atoms with Gasteiger partial charge in [0.1, 0.15) is 12.1 Å². The van der Waals surface area contributed by atoms with E-state index in [1.54, 1.807) is 32.1 Å². The van der Waals surface area contributed by atoms with Crippen LogP contribution in [0.2, 0.25) is 0 Å². The van der Waals surface area contributed by atoms with Crippen LogP contribution in [0, 0.1) is 17.8 Å². The number of nitrogens with zero attached hydrogens (tertiary/aromatic N) is 2. The Labute approximate surface area is 223 Å². The number of amides is 3. The number of aryl methyl sites for hydroxylation is 1. The number of hydrogen-bond acceptors (Lipinski definition) is 6. The van der Waals surface area contributed by atoms with Crippen LogP contribution in [0.3, 0.4) is 0 Å². The maximum Gasteiger partial charge on any atom is 0.246 e. The third-order valence-electron chi connectivity index (χ3n) is 6.71. The van der Waals surface area contributed by atoms with Gasteiger partial charge < -0.3 is 20.6 Å². The number of nitrogens with one attached hydrogen (secondary N) is 2. The highest BCUT2D eigenvalue weighted by molar-refractivity contribution is 7.13. The van der Waals surface area contributed by atoms with Gasteiger partial charge in [-0.1, -0.05) is 65.8 Å². The third kappa shape index (κ3) is 6.76. The molecule has 37 heavy (non-hydrogen) atoms. The monoisotopic (exact) mass is 528 g/mol. The van der Waals surface area contributed by atoms with Crippen LogP contribution in [-0.2, 0) is 14.4 Å². The Hall–Kier alpha value is -2.78. The molecule has 202 valence electrons. The van der Waals surface area contributed by atoms with Crippen LogP contribution in [0.1, 0.15) is 72.2 Å². The number of hydrogen-bond donors (Lipinski definition) is 3. The number of rotatable bonds is 6. The summed E-state index contributed by atoms with van der Waals surface area (Å²) in [5.74, 6) is -0.930. The molecule has 4 atom stereocenters. The van der Waals surface area contributed by atoms with Gasteiger partial charge in [0.15, 0.2) is 0 Å². The summed E-state index contributed by atoms with van der Waals surface area (Å²) in [6.07, 6.45) is -0.659. The SMILES string of the molecule is Cc1ncsc1-c1ccc([C@@H](C)NC(=O)[C@H]2C[C@H](O)CN2C(=O)[C@@H](NC(=O)C(C)(C)C)C(C)(C)C)cc1. The zero-order valence-corrected chi connectivity index (χ0v) is 23.9. The minimum absolute atomic E-state index is 0.0478. The highest BCUT2D eigenvalue weighted by Crippen LogP contribution is 2.30. The van der Waals surface area contributed by atoms with Gasteiger partial charge in [-0.3, -0.25) is 14.4 Å². The van der Waals surface area contributed by atoms with Crippen molar-refractivity contribution >= 4 is 29.1 Å². The lowest BCUT2D eigenvalue weighted by Crippen LogP contribution is -2.59. The quantitative estimate of drug-likeness (QED) is 0.528. The molecule has 2 heterocycles. The molecule has 0 bridgehead atoms. The number of thiazole rings is 1. The third-order valence-corrected chi connectivity index (χ3v) is 7.69. The number of carbonyl (C=O) groups excluding carboxylic acids is 3. The lowest BCUT2D eigenvalue weighted by atomic mass is 9.84. The zero-order valence-electron chi connectivity index (χ0n) is 23.1. The van der Waals surface area contributed by atoms with E-state index in [0.29, 0.717) is 0 Å². The van der Waals surface area contributed by atoms with Crippen LogP contribution in [0.5, 0.6) is 0 Å². The van der Waals surface area contributed by atoms with Gasteiger partial charge in [0.25, 0.3) is 0 Å². The van der Waals surface area contributed by atoms with E-state index >= 15 is 0 Å². The maximum absolute atomic E-state index is 13.7. The number of aliphatic hydroxyl groups excluding tert-OH is 1. The first kappa shape index (κ1) is 28.8. The normalized spacial score (nSPS) is 19.9. The fourth-order valence-corrected chi connectivity index (χ4v) is 5.17. The first-order valence-electron chi connectivity index (χ1n) is 12.7. The lowest BCUT2D eigenvalue weighted by molar-refractivity contribution is -0.145. The topological polar surface area (TPSA) is 112 Å². The molecule has 1 saturated heterocycles. The Balaban J connectivity index is 1.74. The van der Waals surface area contributed by atoms with E-state index in [1.165, 1.54) is 4.90 Å². The molecule has 0 unspecified atom stereocenters. The smallest absolute Gasteiger partial charge is 0.246 e. The van der Waals surface area contributed by atoms with E-state index in [2.05, 4.69) is 15.6 Å². The average molecular weight is 529 g/mol. The second kappa shape index (κ2) is 10.9. The van der Waals surface area contributed by atoms with Crippen molar-refractivity contribution in [2.45, 2.75) is 86.0 Å². The van der Waals surface area contributed by atoms with Gasteiger partial charge in [-0.2, -0.15) is 0 Å². The minimum atomic E-state index is -0.833. The first-order chi connectivity index (χ1) is 17.1. The van der Waals surface area contributed by atoms with Gasteiger partial charge in [-0.15, -0.1) is 11.3 Å². The molecule has 2 aromatic rings. The van der Waals surface area contributed by atoms with Crippen LogP contribution in [-0.4, -0.2) is 57.4 Å². The second-order valence-corrected chi connectivity index (χ2v) is 12.9. The fourth-order valence-electron chi connectivity index (χ4n) is 4.36. The summed E-state index contributed by atoms with van der Waals surface area (Å²) < 4.78 is 0. The fraction of sp³-hybridized carbons (Fsp3) is 0.571. The Morgan fingerprint density at radius 2 is 1.70 bits per heavy atom. The molecule has 3 N–H and O–H groups in total. The van der Waals surface area contributed by atoms with E-state index in [9.17, 15) is 19.5 Å². The second-order valence-electron chi connectivity index (χ2n) is 12.0. The molecule has 0 aliphatic carbocycles. The maximum atomic E-state index is 13.7. The van der Waals surface area contributed by atoms with Gasteiger partial charge in [0.05, 0.1) is 28.2 Å². The number of carbonyl (C=O) groups is 3. The molecule has 3 amide bonds. The average Bonchev–Trinajstić information content (AvgIpc) is 3.40. The molecule has 1 aliphatic heterocycles. The number of aromatic nitrogens is 1. The van der Waals surface area contributed by atoms with Crippen molar-refractivity contribution in [2.24, 2.45) is 10.8 Å². The minimum Gasteiger partial charge on any atom is -0.391 e. The Morgan fingerprint density at radius 3 is 2.22 bits per heavy atom. The Bertz CT molecular complexity index is 1130. The van der Waals surface area contributed by atoms with Crippen molar-refractivity contribution in [1.29, 1.82) is 0 Å². The molecular weight excluding hydrogens is 488 g/mol. The molecule has 1 aromatic carbocycles. The number of benzene rings is 1. The number of likely N-dealkylation sites (tertiary alicyclic amines) is 1. The predicted molar refractivity (Wildman–Crippen MR) is 146 cm³/mol. The molecule has 8 nitrogen and oxygen atoms in total. The van der Waals surface area contributed by atoms with Crippen LogP contribution in [0.15, 0.2) is 29.8 Å². The van der Waals surface area contributed by atoms with Crippen molar-refractivity contribution in [3.05, 3.63) is 41.0 Å². The summed E-state index contributed by atoms with van der Waals surface area (Å²) in [7, 11) is 0.